The normalized spacial score (nSPS) is 17.8. The average Bonchev–Trinajstić information content (AvgIpc) is 3.07. The lowest BCUT2D eigenvalue weighted by molar-refractivity contribution is -0.131. The molecule has 2 aromatic heterocycles. The molecule has 2 aromatic rings. The Labute approximate surface area is 128 Å². The molecule has 0 N–H and O–H groups in total. The van der Waals surface area contributed by atoms with E-state index in [0.29, 0.717) is 26.1 Å². The first kappa shape index (κ1) is 14.3. The van der Waals surface area contributed by atoms with Gasteiger partial charge in [0, 0.05) is 49.8 Å². The number of aromatic nitrogens is 2. The molecule has 1 aliphatic heterocycles. The van der Waals surface area contributed by atoms with E-state index in [9.17, 15) is 4.79 Å². The van der Waals surface area contributed by atoms with E-state index in [1.807, 2.05) is 40.3 Å². The van der Waals surface area contributed by atoms with Crippen molar-refractivity contribution in [1.29, 1.82) is 0 Å². The number of ether oxygens (including phenoxy) is 1. The Balaban J connectivity index is 1.77. The molecule has 3 rings (SSSR count). The van der Waals surface area contributed by atoms with Crippen LogP contribution in [-0.4, -0.2) is 40.8 Å². The number of carbonyl (C=O) groups is 1. The van der Waals surface area contributed by atoms with E-state index in [-0.39, 0.29) is 11.8 Å². The zero-order valence-corrected chi connectivity index (χ0v) is 13.1. The maximum atomic E-state index is 12.5. The van der Waals surface area contributed by atoms with Gasteiger partial charge in [0.25, 0.3) is 0 Å². The fraction of sp³-hybridized carbons (Fsp3) is 0.467. The van der Waals surface area contributed by atoms with E-state index >= 15 is 0 Å². The number of thiophene rings is 1. The van der Waals surface area contributed by atoms with Crippen LogP contribution in [0.1, 0.15) is 22.1 Å². The summed E-state index contributed by atoms with van der Waals surface area (Å²) < 4.78 is 7.12. The van der Waals surface area contributed by atoms with Crippen molar-refractivity contribution in [3.8, 4) is 0 Å². The fourth-order valence-corrected chi connectivity index (χ4v) is 3.54. The zero-order chi connectivity index (χ0) is 14.8. The van der Waals surface area contributed by atoms with Crippen LogP contribution in [0.2, 0.25) is 0 Å². The second-order valence-corrected chi connectivity index (χ2v) is 6.43. The Kier molecular flexibility index (Phi) is 4.07. The second kappa shape index (κ2) is 5.99. The van der Waals surface area contributed by atoms with E-state index in [1.54, 1.807) is 18.4 Å². The van der Waals surface area contributed by atoms with E-state index in [2.05, 4.69) is 5.10 Å². The predicted octanol–water partition coefficient (Wildman–Crippen LogP) is 1.80. The summed E-state index contributed by atoms with van der Waals surface area (Å²) in [5.74, 6) is 0.334. The summed E-state index contributed by atoms with van der Waals surface area (Å²) in [6, 6.07) is 3.99. The van der Waals surface area contributed by atoms with Gasteiger partial charge in [-0.2, -0.15) is 5.10 Å². The highest BCUT2D eigenvalue weighted by atomic mass is 32.1. The highest BCUT2D eigenvalue weighted by Crippen LogP contribution is 2.27. The maximum absolute atomic E-state index is 12.5. The Morgan fingerprint density at radius 2 is 2.43 bits per heavy atom. The van der Waals surface area contributed by atoms with Gasteiger partial charge < -0.3 is 9.64 Å². The summed E-state index contributed by atoms with van der Waals surface area (Å²) in [4.78, 5) is 15.5. The number of fused-ring (bicyclic) bond motifs is 1. The lowest BCUT2D eigenvalue weighted by Crippen LogP contribution is -2.40. The van der Waals surface area contributed by atoms with Crippen LogP contribution >= 0.6 is 11.3 Å². The first-order chi connectivity index (χ1) is 10.2. The molecule has 0 fully saturated rings. The third-order valence-corrected chi connectivity index (χ3v) is 4.63. The number of hydrogen-bond acceptors (Lipinski definition) is 4. The quantitative estimate of drug-likeness (QED) is 0.865. The smallest absolute Gasteiger partial charge is 0.228 e. The summed E-state index contributed by atoms with van der Waals surface area (Å²) in [5, 5.41) is 6.53. The highest BCUT2D eigenvalue weighted by molar-refractivity contribution is 7.10. The van der Waals surface area contributed by atoms with Crippen LogP contribution in [0.25, 0.3) is 0 Å². The molecule has 6 heteroatoms. The Hall–Kier alpha value is -1.66. The van der Waals surface area contributed by atoms with E-state index in [4.69, 9.17) is 4.74 Å². The van der Waals surface area contributed by atoms with Crippen LogP contribution in [0.5, 0.6) is 0 Å². The molecular formula is C15H19N3O2S. The first-order valence-electron chi connectivity index (χ1n) is 6.99. The van der Waals surface area contributed by atoms with Gasteiger partial charge in [0.1, 0.15) is 0 Å². The molecule has 0 saturated carbocycles. The van der Waals surface area contributed by atoms with Gasteiger partial charge >= 0.3 is 0 Å². The van der Waals surface area contributed by atoms with E-state index in [1.165, 1.54) is 0 Å². The van der Waals surface area contributed by atoms with Crippen LogP contribution in [0.4, 0.5) is 0 Å². The number of carbonyl (C=O) groups excluding carboxylic acids is 1. The van der Waals surface area contributed by atoms with Crippen LogP contribution in [0, 0.1) is 0 Å². The van der Waals surface area contributed by atoms with Gasteiger partial charge in [-0.05, 0) is 11.4 Å². The van der Waals surface area contributed by atoms with Crippen molar-refractivity contribution in [2.75, 3.05) is 20.3 Å². The minimum Gasteiger partial charge on any atom is -0.384 e. The van der Waals surface area contributed by atoms with Crippen molar-refractivity contribution in [2.45, 2.75) is 18.9 Å². The number of aryl methyl sites for hydroxylation is 1. The summed E-state index contributed by atoms with van der Waals surface area (Å²) >= 11 is 1.63. The average molecular weight is 305 g/mol. The SMILES string of the molecule is COCC1CN(C(=O)Cc2cccs2)Cc2cn(C)nc21. The van der Waals surface area contributed by atoms with E-state index in [0.717, 1.165) is 16.1 Å². The summed E-state index contributed by atoms with van der Waals surface area (Å²) in [6.45, 7) is 1.92. The highest BCUT2D eigenvalue weighted by Gasteiger charge is 2.30. The maximum Gasteiger partial charge on any atom is 0.228 e. The van der Waals surface area contributed by atoms with Gasteiger partial charge in [-0.1, -0.05) is 6.07 Å². The minimum atomic E-state index is 0.159. The lowest BCUT2D eigenvalue weighted by atomic mass is 9.97. The van der Waals surface area contributed by atoms with Crippen LogP contribution in [-0.2, 0) is 29.5 Å². The largest absolute Gasteiger partial charge is 0.384 e. The van der Waals surface area contributed by atoms with Gasteiger partial charge in [-0.25, -0.2) is 0 Å². The molecule has 0 radical (unpaired) electrons. The van der Waals surface area contributed by atoms with Gasteiger partial charge in [0.15, 0.2) is 0 Å². The fourth-order valence-electron chi connectivity index (χ4n) is 2.84. The molecule has 3 heterocycles. The summed E-state index contributed by atoms with van der Waals surface area (Å²) in [5.41, 5.74) is 2.20. The summed E-state index contributed by atoms with van der Waals surface area (Å²) in [6.07, 6.45) is 2.48. The predicted molar refractivity (Wildman–Crippen MR) is 81.3 cm³/mol. The van der Waals surface area contributed by atoms with Gasteiger partial charge in [-0.15, -0.1) is 11.3 Å². The third kappa shape index (κ3) is 3.01. The number of amides is 1. The molecule has 21 heavy (non-hydrogen) atoms. The molecule has 1 unspecified atom stereocenters. The van der Waals surface area contributed by atoms with E-state index < -0.39 is 0 Å². The van der Waals surface area contributed by atoms with Gasteiger partial charge in [0.2, 0.25) is 5.91 Å². The molecular weight excluding hydrogens is 286 g/mol. The number of methoxy groups -OCH3 is 1. The van der Waals surface area contributed by atoms with Gasteiger partial charge in [0.05, 0.1) is 18.7 Å². The summed E-state index contributed by atoms with van der Waals surface area (Å²) in [7, 11) is 3.61. The number of rotatable bonds is 4. The Morgan fingerprint density at radius 1 is 1.57 bits per heavy atom. The monoisotopic (exact) mass is 305 g/mol. The van der Waals surface area contributed by atoms with Crippen LogP contribution in [0.3, 0.4) is 0 Å². The molecule has 5 nitrogen and oxygen atoms in total. The Morgan fingerprint density at radius 3 is 3.14 bits per heavy atom. The molecule has 1 amide bonds. The van der Waals surface area contributed by atoms with Crippen molar-refractivity contribution in [2.24, 2.45) is 7.05 Å². The number of hydrogen-bond donors (Lipinski definition) is 0. The Bertz CT molecular complexity index is 621. The molecule has 0 aliphatic carbocycles. The zero-order valence-electron chi connectivity index (χ0n) is 12.3. The van der Waals surface area contributed by atoms with Crippen LogP contribution < -0.4 is 0 Å². The molecule has 1 atom stereocenters. The van der Waals surface area contributed by atoms with Crippen molar-refractivity contribution >= 4 is 17.2 Å². The topological polar surface area (TPSA) is 47.4 Å². The van der Waals surface area contributed by atoms with Crippen molar-refractivity contribution in [3.63, 3.8) is 0 Å². The van der Waals surface area contributed by atoms with Crippen LogP contribution in [0.15, 0.2) is 23.7 Å². The van der Waals surface area contributed by atoms with Crippen molar-refractivity contribution in [1.82, 2.24) is 14.7 Å². The lowest BCUT2D eigenvalue weighted by Gasteiger charge is -2.31. The first-order valence-corrected chi connectivity index (χ1v) is 7.87. The molecule has 0 spiro atoms. The molecule has 0 aromatic carbocycles. The number of nitrogens with zero attached hydrogens (tertiary/aromatic N) is 3. The molecule has 112 valence electrons. The molecule has 1 aliphatic rings. The minimum absolute atomic E-state index is 0.159. The van der Waals surface area contributed by atoms with Crippen molar-refractivity contribution < 1.29 is 9.53 Å². The second-order valence-electron chi connectivity index (χ2n) is 5.40. The van der Waals surface area contributed by atoms with Gasteiger partial charge in [-0.3, -0.25) is 9.48 Å². The van der Waals surface area contributed by atoms with Crippen molar-refractivity contribution in [3.05, 3.63) is 39.8 Å². The third-order valence-electron chi connectivity index (χ3n) is 3.75. The molecule has 0 bridgehead atoms. The standard InChI is InChI=1S/C15H19N3O2S/c1-17-7-11-8-18(9-12(10-20-2)15(11)16-17)14(19)6-13-4-3-5-21-13/h3-5,7,12H,6,8-10H2,1-2H3. The molecule has 0 saturated heterocycles.